The number of rotatable bonds is 6. The molecule has 132 valence electrons. The van der Waals surface area contributed by atoms with Gasteiger partial charge in [-0.05, 0) is 49.2 Å². The lowest BCUT2D eigenvalue weighted by Gasteiger charge is -2.21. The van der Waals surface area contributed by atoms with Crippen LogP contribution in [0.4, 0.5) is 5.82 Å². The molecule has 0 unspecified atom stereocenters. The lowest BCUT2D eigenvalue weighted by atomic mass is 10.1. The predicted octanol–water partition coefficient (Wildman–Crippen LogP) is 3.77. The Hall–Kier alpha value is -2.40. The molecule has 0 atom stereocenters. The van der Waals surface area contributed by atoms with Crippen molar-refractivity contribution in [2.24, 2.45) is 0 Å². The summed E-state index contributed by atoms with van der Waals surface area (Å²) in [6.45, 7) is 3.95. The fourth-order valence-electron chi connectivity index (χ4n) is 3.26. The Morgan fingerprint density at radius 2 is 1.72 bits per heavy atom. The van der Waals surface area contributed by atoms with Gasteiger partial charge in [0.25, 0.3) is 0 Å². The highest BCUT2D eigenvalue weighted by molar-refractivity contribution is 5.85. The third kappa shape index (κ3) is 5.03. The molecule has 0 aliphatic carbocycles. The Labute approximate surface area is 148 Å². The van der Waals surface area contributed by atoms with E-state index < -0.39 is 5.97 Å². The molecular weight excluding hydrogens is 314 g/mol. The van der Waals surface area contributed by atoms with Crippen LogP contribution in [0.25, 0.3) is 0 Å². The first-order chi connectivity index (χ1) is 12.2. The van der Waals surface area contributed by atoms with Crippen LogP contribution in [-0.4, -0.2) is 34.0 Å². The molecule has 1 aromatic carbocycles. The Morgan fingerprint density at radius 3 is 2.44 bits per heavy atom. The van der Waals surface area contributed by atoms with Gasteiger partial charge in [0.15, 0.2) is 5.69 Å². The maximum Gasteiger partial charge on any atom is 0.354 e. The molecule has 1 fully saturated rings. The number of hydrogen-bond donors (Lipinski definition) is 2. The summed E-state index contributed by atoms with van der Waals surface area (Å²) in [6, 6.07) is 13.4. The molecule has 5 nitrogen and oxygen atoms in total. The summed E-state index contributed by atoms with van der Waals surface area (Å²) in [6.07, 6.45) is 5.25. The number of nitrogens with one attached hydrogen (secondary N) is 1. The van der Waals surface area contributed by atoms with Crippen LogP contribution in [0.1, 0.15) is 47.3 Å². The zero-order chi connectivity index (χ0) is 17.5. The topological polar surface area (TPSA) is 65.5 Å². The molecule has 0 saturated carbocycles. The standard InChI is InChI=1S/C20H25N3O2/c24-20(25)18-10-7-11-19(22-18)21-14-16-8-3-4-9-17(16)15-23-12-5-1-2-6-13-23/h3-4,7-11H,1-2,5-6,12-15H2,(H,21,22)(H,24,25). The minimum Gasteiger partial charge on any atom is -0.477 e. The van der Waals surface area contributed by atoms with Crippen molar-refractivity contribution in [3.8, 4) is 0 Å². The van der Waals surface area contributed by atoms with Gasteiger partial charge in [-0.2, -0.15) is 0 Å². The van der Waals surface area contributed by atoms with Gasteiger partial charge >= 0.3 is 5.97 Å². The van der Waals surface area contributed by atoms with E-state index in [-0.39, 0.29) is 5.69 Å². The van der Waals surface area contributed by atoms with Crippen LogP contribution in [0.3, 0.4) is 0 Å². The van der Waals surface area contributed by atoms with Crippen molar-refractivity contribution in [2.45, 2.75) is 38.8 Å². The van der Waals surface area contributed by atoms with E-state index in [1.54, 1.807) is 12.1 Å². The summed E-state index contributed by atoms with van der Waals surface area (Å²) in [5, 5.41) is 12.3. The van der Waals surface area contributed by atoms with Crippen LogP contribution in [0.5, 0.6) is 0 Å². The minimum absolute atomic E-state index is 0.0582. The summed E-state index contributed by atoms with van der Waals surface area (Å²) >= 11 is 0. The highest BCUT2D eigenvalue weighted by Gasteiger charge is 2.12. The van der Waals surface area contributed by atoms with Crippen LogP contribution in [-0.2, 0) is 13.1 Å². The van der Waals surface area contributed by atoms with Gasteiger partial charge in [-0.3, -0.25) is 4.90 Å². The number of anilines is 1. The van der Waals surface area contributed by atoms with Crippen molar-refractivity contribution >= 4 is 11.8 Å². The average molecular weight is 339 g/mol. The fourth-order valence-corrected chi connectivity index (χ4v) is 3.26. The van der Waals surface area contributed by atoms with E-state index in [0.29, 0.717) is 12.4 Å². The number of hydrogen-bond acceptors (Lipinski definition) is 4. The number of nitrogens with zero attached hydrogens (tertiary/aromatic N) is 2. The second kappa shape index (κ2) is 8.62. The van der Waals surface area contributed by atoms with E-state index in [0.717, 1.165) is 6.54 Å². The fraction of sp³-hybridized carbons (Fsp3) is 0.400. The molecule has 0 spiro atoms. The number of pyridine rings is 1. The van der Waals surface area contributed by atoms with Crippen LogP contribution in [0.2, 0.25) is 0 Å². The molecule has 0 amide bonds. The quantitative estimate of drug-likeness (QED) is 0.839. The Balaban J connectivity index is 1.66. The van der Waals surface area contributed by atoms with Gasteiger partial charge in [-0.1, -0.05) is 43.2 Å². The van der Waals surface area contributed by atoms with Crippen molar-refractivity contribution in [2.75, 3.05) is 18.4 Å². The molecule has 1 aromatic heterocycles. The van der Waals surface area contributed by atoms with E-state index in [9.17, 15) is 4.79 Å². The molecule has 1 aliphatic rings. The lowest BCUT2D eigenvalue weighted by molar-refractivity contribution is 0.0690. The monoisotopic (exact) mass is 339 g/mol. The highest BCUT2D eigenvalue weighted by atomic mass is 16.4. The zero-order valence-corrected chi connectivity index (χ0v) is 14.4. The van der Waals surface area contributed by atoms with Crippen molar-refractivity contribution in [3.05, 3.63) is 59.3 Å². The van der Waals surface area contributed by atoms with E-state index in [1.165, 1.54) is 56.0 Å². The van der Waals surface area contributed by atoms with Crippen LogP contribution < -0.4 is 5.32 Å². The second-order valence-corrected chi connectivity index (χ2v) is 6.53. The van der Waals surface area contributed by atoms with Crippen molar-refractivity contribution in [1.29, 1.82) is 0 Å². The van der Waals surface area contributed by atoms with Gasteiger partial charge in [-0.15, -0.1) is 0 Å². The first-order valence-corrected chi connectivity index (χ1v) is 8.96. The molecule has 0 radical (unpaired) electrons. The first-order valence-electron chi connectivity index (χ1n) is 8.96. The number of carbonyl (C=O) groups is 1. The summed E-state index contributed by atoms with van der Waals surface area (Å²) in [4.78, 5) is 17.7. The van der Waals surface area contributed by atoms with Gasteiger partial charge in [0.2, 0.25) is 0 Å². The second-order valence-electron chi connectivity index (χ2n) is 6.53. The van der Waals surface area contributed by atoms with Gasteiger partial charge in [-0.25, -0.2) is 9.78 Å². The highest BCUT2D eigenvalue weighted by Crippen LogP contribution is 2.17. The van der Waals surface area contributed by atoms with E-state index >= 15 is 0 Å². The molecule has 1 saturated heterocycles. The van der Waals surface area contributed by atoms with Gasteiger partial charge in [0.05, 0.1) is 0 Å². The van der Waals surface area contributed by atoms with Gasteiger partial charge in [0, 0.05) is 13.1 Å². The largest absolute Gasteiger partial charge is 0.477 e. The number of aromatic carboxylic acids is 1. The molecule has 0 bridgehead atoms. The average Bonchev–Trinajstić information content (AvgIpc) is 2.90. The van der Waals surface area contributed by atoms with Gasteiger partial charge < -0.3 is 10.4 Å². The Bertz CT molecular complexity index is 710. The molecule has 2 aromatic rings. The predicted molar refractivity (Wildman–Crippen MR) is 98.7 cm³/mol. The van der Waals surface area contributed by atoms with Crippen LogP contribution in [0.15, 0.2) is 42.5 Å². The Morgan fingerprint density at radius 1 is 1.00 bits per heavy atom. The number of aromatic nitrogens is 1. The van der Waals surface area contributed by atoms with Crippen LogP contribution in [0, 0.1) is 0 Å². The van der Waals surface area contributed by atoms with E-state index in [1.807, 2.05) is 6.07 Å². The summed E-state index contributed by atoms with van der Waals surface area (Å²) < 4.78 is 0. The van der Waals surface area contributed by atoms with Crippen molar-refractivity contribution < 1.29 is 9.90 Å². The molecule has 25 heavy (non-hydrogen) atoms. The summed E-state index contributed by atoms with van der Waals surface area (Å²) in [5.74, 6) is -0.422. The number of carboxylic acids is 1. The Kier molecular flexibility index (Phi) is 6.01. The maximum absolute atomic E-state index is 11.0. The van der Waals surface area contributed by atoms with E-state index in [2.05, 4.69) is 33.4 Å². The number of benzene rings is 1. The van der Waals surface area contributed by atoms with Gasteiger partial charge in [0.1, 0.15) is 5.82 Å². The summed E-state index contributed by atoms with van der Waals surface area (Å²) in [7, 11) is 0. The first kappa shape index (κ1) is 17.4. The third-order valence-corrected chi connectivity index (χ3v) is 4.64. The van der Waals surface area contributed by atoms with Crippen molar-refractivity contribution in [1.82, 2.24) is 9.88 Å². The maximum atomic E-state index is 11.0. The summed E-state index contributed by atoms with van der Waals surface area (Å²) in [5.41, 5.74) is 2.61. The molecular formula is C20H25N3O2. The SMILES string of the molecule is O=C(O)c1cccc(NCc2ccccc2CN2CCCCCC2)n1. The van der Waals surface area contributed by atoms with Crippen LogP contribution >= 0.6 is 0 Å². The third-order valence-electron chi connectivity index (χ3n) is 4.64. The number of carboxylic acid groups (broad SMARTS) is 1. The minimum atomic E-state index is -1.01. The molecule has 2 heterocycles. The smallest absolute Gasteiger partial charge is 0.354 e. The van der Waals surface area contributed by atoms with Crippen molar-refractivity contribution in [3.63, 3.8) is 0 Å². The molecule has 1 aliphatic heterocycles. The normalized spacial score (nSPS) is 15.5. The molecule has 2 N–H and O–H groups in total. The zero-order valence-electron chi connectivity index (χ0n) is 14.4. The lowest BCUT2D eigenvalue weighted by Crippen LogP contribution is -2.24. The van der Waals surface area contributed by atoms with E-state index in [4.69, 9.17) is 5.11 Å². The number of likely N-dealkylation sites (tertiary alicyclic amines) is 1. The molecule has 5 heteroatoms. The molecule has 3 rings (SSSR count).